The highest BCUT2D eigenvalue weighted by molar-refractivity contribution is 14.0. The van der Waals surface area contributed by atoms with Gasteiger partial charge in [-0.25, -0.2) is 4.99 Å². The standard InChI is InChI=1S/C15H28N4O2.HI/c1-7-16-14(18-10-15(4,5)20-6)17-9-12-8-13(11(2)3)19-21-12;/h8,11H,7,9-10H2,1-6H3,(H2,16,17,18);1H. The summed E-state index contributed by atoms with van der Waals surface area (Å²) in [5.74, 6) is 1.87. The normalized spacial score (nSPS) is 12.2. The third kappa shape index (κ3) is 7.44. The number of guanidine groups is 1. The maximum absolute atomic E-state index is 5.38. The van der Waals surface area contributed by atoms with Crippen molar-refractivity contribution in [3.8, 4) is 0 Å². The molecule has 1 aromatic heterocycles. The van der Waals surface area contributed by atoms with E-state index < -0.39 is 0 Å². The number of hydrogen-bond acceptors (Lipinski definition) is 4. The Labute approximate surface area is 150 Å². The third-order valence-corrected chi connectivity index (χ3v) is 3.14. The Balaban J connectivity index is 0.00000441. The van der Waals surface area contributed by atoms with Crippen molar-refractivity contribution >= 4 is 29.9 Å². The number of ether oxygens (including phenoxy) is 1. The fourth-order valence-electron chi connectivity index (χ4n) is 1.54. The zero-order chi connectivity index (χ0) is 15.9. The van der Waals surface area contributed by atoms with E-state index in [2.05, 4.69) is 34.6 Å². The minimum Gasteiger partial charge on any atom is -0.377 e. The summed E-state index contributed by atoms with van der Waals surface area (Å²) < 4.78 is 10.7. The number of aliphatic imine (C=N–C) groups is 1. The lowest BCUT2D eigenvalue weighted by atomic mass is 10.1. The van der Waals surface area contributed by atoms with Crippen LogP contribution in [0.15, 0.2) is 15.6 Å². The maximum Gasteiger partial charge on any atom is 0.191 e. The summed E-state index contributed by atoms with van der Waals surface area (Å²) in [5.41, 5.74) is 0.714. The molecular weight excluding hydrogens is 395 g/mol. The lowest BCUT2D eigenvalue weighted by molar-refractivity contribution is 0.0268. The van der Waals surface area contributed by atoms with E-state index in [0.717, 1.165) is 24.0 Å². The van der Waals surface area contributed by atoms with Crippen molar-refractivity contribution in [1.82, 2.24) is 15.8 Å². The average Bonchev–Trinajstić information content (AvgIpc) is 2.91. The van der Waals surface area contributed by atoms with E-state index in [1.54, 1.807) is 7.11 Å². The summed E-state index contributed by atoms with van der Waals surface area (Å²) in [5, 5.41) is 10.5. The van der Waals surface area contributed by atoms with Crippen LogP contribution >= 0.6 is 24.0 Å². The molecule has 2 N–H and O–H groups in total. The average molecular weight is 424 g/mol. The van der Waals surface area contributed by atoms with Gasteiger partial charge in [-0.1, -0.05) is 19.0 Å². The summed E-state index contributed by atoms with van der Waals surface area (Å²) in [6.07, 6.45) is 0. The number of rotatable bonds is 7. The van der Waals surface area contributed by atoms with Crippen molar-refractivity contribution in [2.75, 3.05) is 20.2 Å². The van der Waals surface area contributed by atoms with E-state index in [9.17, 15) is 0 Å². The number of methoxy groups -OCH3 is 1. The molecule has 0 aliphatic heterocycles. The topological polar surface area (TPSA) is 71.7 Å². The van der Waals surface area contributed by atoms with Crippen LogP contribution in [0.4, 0.5) is 0 Å². The van der Waals surface area contributed by atoms with Gasteiger partial charge in [-0.05, 0) is 26.7 Å². The van der Waals surface area contributed by atoms with E-state index in [0.29, 0.717) is 19.0 Å². The second-order valence-corrected chi connectivity index (χ2v) is 5.89. The first kappa shape index (κ1) is 21.2. The molecule has 128 valence electrons. The third-order valence-electron chi connectivity index (χ3n) is 3.14. The molecule has 7 heteroatoms. The number of halogens is 1. The van der Waals surface area contributed by atoms with Crippen LogP contribution in [0.5, 0.6) is 0 Å². The summed E-state index contributed by atoms with van der Waals surface area (Å²) in [7, 11) is 1.70. The monoisotopic (exact) mass is 424 g/mol. The summed E-state index contributed by atoms with van der Waals surface area (Å²) in [6.45, 7) is 12.2. The van der Waals surface area contributed by atoms with Crippen molar-refractivity contribution in [2.24, 2.45) is 4.99 Å². The van der Waals surface area contributed by atoms with Crippen LogP contribution in [0.2, 0.25) is 0 Å². The van der Waals surface area contributed by atoms with Crippen LogP contribution in [-0.2, 0) is 11.3 Å². The van der Waals surface area contributed by atoms with E-state index in [1.165, 1.54) is 0 Å². The van der Waals surface area contributed by atoms with Gasteiger partial charge in [-0.15, -0.1) is 24.0 Å². The molecule has 0 aliphatic rings. The van der Waals surface area contributed by atoms with Gasteiger partial charge >= 0.3 is 0 Å². The minimum atomic E-state index is -0.243. The maximum atomic E-state index is 5.38. The van der Waals surface area contributed by atoms with E-state index in [4.69, 9.17) is 9.26 Å². The molecule has 0 spiro atoms. The molecule has 0 unspecified atom stereocenters. The molecule has 1 rings (SSSR count). The summed E-state index contributed by atoms with van der Waals surface area (Å²) >= 11 is 0. The molecule has 0 bridgehead atoms. The van der Waals surface area contributed by atoms with Gasteiger partial charge in [-0.2, -0.15) is 0 Å². The first-order chi connectivity index (χ1) is 9.88. The van der Waals surface area contributed by atoms with E-state index in [-0.39, 0.29) is 29.6 Å². The van der Waals surface area contributed by atoms with Crippen molar-refractivity contribution in [1.29, 1.82) is 0 Å². The predicted octanol–water partition coefficient (Wildman–Crippen LogP) is 2.90. The van der Waals surface area contributed by atoms with Crippen LogP contribution in [0, 0.1) is 0 Å². The lowest BCUT2D eigenvalue weighted by Crippen LogP contribution is -2.45. The molecule has 1 heterocycles. The smallest absolute Gasteiger partial charge is 0.191 e. The molecule has 0 amide bonds. The van der Waals surface area contributed by atoms with Crippen molar-refractivity contribution in [3.05, 3.63) is 17.5 Å². The first-order valence-electron chi connectivity index (χ1n) is 7.40. The summed E-state index contributed by atoms with van der Waals surface area (Å²) in [4.78, 5) is 4.50. The highest BCUT2D eigenvalue weighted by Gasteiger charge is 2.16. The second-order valence-electron chi connectivity index (χ2n) is 5.89. The van der Waals surface area contributed by atoms with Gasteiger partial charge in [0.05, 0.1) is 11.3 Å². The lowest BCUT2D eigenvalue weighted by Gasteiger charge is -2.24. The van der Waals surface area contributed by atoms with Crippen LogP contribution in [-0.4, -0.2) is 36.9 Å². The van der Waals surface area contributed by atoms with Crippen molar-refractivity contribution < 1.29 is 9.26 Å². The zero-order valence-corrected chi connectivity index (χ0v) is 16.7. The molecule has 6 nitrogen and oxygen atoms in total. The molecule has 0 saturated carbocycles. The van der Waals surface area contributed by atoms with Crippen LogP contribution in [0.25, 0.3) is 0 Å². The predicted molar refractivity (Wildman–Crippen MR) is 99.9 cm³/mol. The number of aromatic nitrogens is 1. The van der Waals surface area contributed by atoms with Gasteiger partial charge in [0.15, 0.2) is 11.7 Å². The van der Waals surface area contributed by atoms with Gasteiger partial charge in [0.1, 0.15) is 6.54 Å². The van der Waals surface area contributed by atoms with Crippen molar-refractivity contribution in [3.63, 3.8) is 0 Å². The molecular formula is C15H29IN4O2. The number of nitrogens with one attached hydrogen (secondary N) is 2. The fraction of sp³-hybridized carbons (Fsp3) is 0.733. The molecule has 1 aromatic rings. The van der Waals surface area contributed by atoms with E-state index in [1.807, 2.05) is 26.8 Å². The molecule has 0 aromatic carbocycles. The van der Waals surface area contributed by atoms with Crippen LogP contribution in [0.1, 0.15) is 52.0 Å². The number of nitrogens with zero attached hydrogens (tertiary/aromatic N) is 2. The fourth-order valence-corrected chi connectivity index (χ4v) is 1.54. The first-order valence-corrected chi connectivity index (χ1v) is 7.40. The van der Waals surface area contributed by atoms with Crippen LogP contribution in [0.3, 0.4) is 0 Å². The Hall–Kier alpha value is -0.830. The Morgan fingerprint density at radius 3 is 2.59 bits per heavy atom. The Kier molecular flexibility index (Phi) is 9.66. The second kappa shape index (κ2) is 10.0. The van der Waals surface area contributed by atoms with Gasteiger partial charge in [0.25, 0.3) is 0 Å². The Bertz CT molecular complexity index is 458. The molecule has 0 radical (unpaired) electrons. The molecule has 0 aliphatic carbocycles. The van der Waals surface area contributed by atoms with Gasteiger partial charge < -0.3 is 19.9 Å². The van der Waals surface area contributed by atoms with Crippen molar-refractivity contribution in [2.45, 2.75) is 52.7 Å². The molecule has 0 atom stereocenters. The Morgan fingerprint density at radius 2 is 2.09 bits per heavy atom. The van der Waals surface area contributed by atoms with Gasteiger partial charge in [-0.3, -0.25) is 0 Å². The highest BCUT2D eigenvalue weighted by atomic mass is 127. The molecule has 22 heavy (non-hydrogen) atoms. The van der Waals surface area contributed by atoms with Gasteiger partial charge in [0, 0.05) is 26.3 Å². The highest BCUT2D eigenvalue weighted by Crippen LogP contribution is 2.14. The quantitative estimate of drug-likeness (QED) is 0.400. The molecule has 0 fully saturated rings. The molecule has 0 saturated heterocycles. The zero-order valence-electron chi connectivity index (χ0n) is 14.4. The minimum absolute atomic E-state index is 0. The van der Waals surface area contributed by atoms with E-state index >= 15 is 0 Å². The van der Waals surface area contributed by atoms with Crippen LogP contribution < -0.4 is 10.6 Å². The Morgan fingerprint density at radius 1 is 1.41 bits per heavy atom. The largest absolute Gasteiger partial charge is 0.377 e. The SMILES string of the molecule is CCNC(=NCc1cc(C(C)C)no1)NCC(C)(C)OC.I. The number of hydrogen-bond donors (Lipinski definition) is 2. The summed E-state index contributed by atoms with van der Waals surface area (Å²) in [6, 6.07) is 1.96. The van der Waals surface area contributed by atoms with Gasteiger partial charge in [0.2, 0.25) is 0 Å².